The number of hydrogen-bond donors (Lipinski definition) is 1. The predicted molar refractivity (Wildman–Crippen MR) is 91.5 cm³/mol. The summed E-state index contributed by atoms with van der Waals surface area (Å²) in [6.45, 7) is 2.06. The summed E-state index contributed by atoms with van der Waals surface area (Å²) in [5, 5.41) is 0.647. The van der Waals surface area contributed by atoms with E-state index in [1.54, 1.807) is 12.1 Å². The molecule has 0 radical (unpaired) electrons. The van der Waals surface area contributed by atoms with Gasteiger partial charge in [0, 0.05) is 23.7 Å². The summed E-state index contributed by atoms with van der Waals surface area (Å²) in [6.07, 6.45) is 4.29. The Bertz CT molecular complexity index is 563. The standard InChI is InChI=1S/C18H25ClN2O2/c1-18(11-20,12-3-5-13(19)6-4-12)17(22)23-16-9-14-7-8-15(10-16)21(14)2/h3-6,14-16H,7-11,20H2,1-2H3. The van der Waals surface area contributed by atoms with E-state index in [1.165, 1.54) is 12.8 Å². The molecule has 2 bridgehead atoms. The summed E-state index contributed by atoms with van der Waals surface area (Å²) in [5.74, 6) is -0.226. The first kappa shape index (κ1) is 16.7. The summed E-state index contributed by atoms with van der Waals surface area (Å²) in [7, 11) is 2.18. The number of carbonyl (C=O) groups is 1. The van der Waals surface area contributed by atoms with Gasteiger partial charge in [-0.25, -0.2) is 0 Å². The van der Waals surface area contributed by atoms with E-state index in [4.69, 9.17) is 22.1 Å². The molecule has 5 heteroatoms. The first-order chi connectivity index (χ1) is 10.9. The normalized spacial score (nSPS) is 30.0. The van der Waals surface area contributed by atoms with Gasteiger partial charge < -0.3 is 15.4 Å². The van der Waals surface area contributed by atoms with Crippen LogP contribution >= 0.6 is 11.6 Å². The third kappa shape index (κ3) is 3.12. The van der Waals surface area contributed by atoms with E-state index in [2.05, 4.69) is 11.9 Å². The molecule has 126 valence electrons. The van der Waals surface area contributed by atoms with Gasteiger partial charge in [0.05, 0.1) is 0 Å². The second-order valence-electron chi connectivity index (χ2n) is 7.09. The zero-order valence-electron chi connectivity index (χ0n) is 13.8. The molecule has 2 heterocycles. The minimum atomic E-state index is -0.826. The molecule has 1 aromatic rings. The smallest absolute Gasteiger partial charge is 0.317 e. The number of hydrogen-bond acceptors (Lipinski definition) is 4. The van der Waals surface area contributed by atoms with E-state index in [1.807, 2.05) is 19.1 Å². The molecule has 2 N–H and O–H groups in total. The average molecular weight is 337 g/mol. The Morgan fingerprint density at radius 2 is 1.87 bits per heavy atom. The number of piperidine rings is 1. The Labute approximate surface area is 142 Å². The van der Waals surface area contributed by atoms with Gasteiger partial charge in [-0.1, -0.05) is 23.7 Å². The summed E-state index contributed by atoms with van der Waals surface area (Å²) >= 11 is 5.94. The average Bonchev–Trinajstić information content (AvgIpc) is 2.76. The summed E-state index contributed by atoms with van der Waals surface area (Å²) in [5.41, 5.74) is 5.96. The lowest BCUT2D eigenvalue weighted by Crippen LogP contribution is -2.47. The van der Waals surface area contributed by atoms with Crippen molar-refractivity contribution in [2.24, 2.45) is 5.73 Å². The lowest BCUT2D eigenvalue weighted by atomic mass is 9.82. The number of rotatable bonds is 4. The third-order valence-electron chi connectivity index (χ3n) is 5.67. The highest BCUT2D eigenvalue weighted by Gasteiger charge is 2.42. The van der Waals surface area contributed by atoms with Crippen LogP contribution in [0, 0.1) is 0 Å². The molecule has 2 aliphatic heterocycles. The Morgan fingerprint density at radius 3 is 2.39 bits per heavy atom. The van der Waals surface area contributed by atoms with Crippen molar-refractivity contribution in [3.63, 3.8) is 0 Å². The molecule has 0 saturated carbocycles. The molecular weight excluding hydrogens is 312 g/mol. The van der Waals surface area contributed by atoms with E-state index >= 15 is 0 Å². The molecule has 2 saturated heterocycles. The van der Waals surface area contributed by atoms with Crippen LogP contribution in [-0.4, -0.2) is 42.6 Å². The van der Waals surface area contributed by atoms with Gasteiger partial charge in [-0.05, 0) is 57.4 Å². The Balaban J connectivity index is 1.72. The fraction of sp³-hybridized carbons (Fsp3) is 0.611. The van der Waals surface area contributed by atoms with Crippen molar-refractivity contribution in [1.29, 1.82) is 0 Å². The topological polar surface area (TPSA) is 55.6 Å². The Kier molecular flexibility index (Phi) is 4.68. The van der Waals surface area contributed by atoms with E-state index in [0.29, 0.717) is 17.1 Å². The number of esters is 1. The van der Waals surface area contributed by atoms with Gasteiger partial charge in [-0.3, -0.25) is 4.79 Å². The molecule has 0 aliphatic carbocycles. The van der Waals surface area contributed by atoms with Crippen molar-refractivity contribution in [3.8, 4) is 0 Å². The van der Waals surface area contributed by atoms with E-state index in [-0.39, 0.29) is 18.6 Å². The van der Waals surface area contributed by atoms with Crippen LogP contribution in [0.3, 0.4) is 0 Å². The van der Waals surface area contributed by atoms with Crippen LogP contribution in [0.1, 0.15) is 38.2 Å². The molecule has 2 aliphatic rings. The maximum Gasteiger partial charge on any atom is 0.317 e. The number of nitrogens with two attached hydrogens (primary N) is 1. The first-order valence-electron chi connectivity index (χ1n) is 8.33. The summed E-state index contributed by atoms with van der Waals surface area (Å²) < 4.78 is 5.88. The van der Waals surface area contributed by atoms with Crippen molar-refractivity contribution in [2.75, 3.05) is 13.6 Å². The molecule has 4 nitrogen and oxygen atoms in total. The van der Waals surface area contributed by atoms with Crippen molar-refractivity contribution in [2.45, 2.75) is 56.2 Å². The number of halogens is 1. The number of fused-ring (bicyclic) bond motifs is 2. The van der Waals surface area contributed by atoms with Crippen molar-refractivity contribution in [1.82, 2.24) is 4.90 Å². The van der Waals surface area contributed by atoms with Gasteiger partial charge in [0.25, 0.3) is 0 Å². The van der Waals surface area contributed by atoms with E-state index in [9.17, 15) is 4.79 Å². The van der Waals surface area contributed by atoms with Gasteiger partial charge in [0.1, 0.15) is 11.5 Å². The SMILES string of the molecule is CN1C2CCC1CC(OC(=O)C(C)(CN)c1ccc(Cl)cc1)C2. The third-order valence-corrected chi connectivity index (χ3v) is 5.92. The number of benzene rings is 1. The van der Waals surface area contributed by atoms with Crippen molar-refractivity contribution in [3.05, 3.63) is 34.9 Å². The highest BCUT2D eigenvalue weighted by Crippen LogP contribution is 2.36. The highest BCUT2D eigenvalue weighted by atomic mass is 35.5. The second-order valence-corrected chi connectivity index (χ2v) is 7.53. The van der Waals surface area contributed by atoms with Gasteiger partial charge in [-0.2, -0.15) is 0 Å². The van der Waals surface area contributed by atoms with Crippen LogP contribution in [0.15, 0.2) is 24.3 Å². The summed E-state index contributed by atoms with van der Waals surface area (Å²) in [4.78, 5) is 15.3. The van der Waals surface area contributed by atoms with Gasteiger partial charge in [-0.15, -0.1) is 0 Å². The first-order valence-corrected chi connectivity index (χ1v) is 8.71. The maximum absolute atomic E-state index is 12.8. The van der Waals surface area contributed by atoms with Crippen LogP contribution in [0.2, 0.25) is 5.02 Å². The number of carbonyl (C=O) groups excluding carboxylic acids is 1. The predicted octanol–water partition coefficient (Wildman–Crippen LogP) is 2.72. The van der Waals surface area contributed by atoms with Crippen LogP contribution in [0.5, 0.6) is 0 Å². The molecule has 2 fully saturated rings. The molecule has 0 aromatic heterocycles. The van der Waals surface area contributed by atoms with Crippen LogP contribution in [0.25, 0.3) is 0 Å². The Morgan fingerprint density at radius 1 is 1.30 bits per heavy atom. The number of ether oxygens (including phenoxy) is 1. The van der Waals surface area contributed by atoms with Crippen LogP contribution in [-0.2, 0) is 14.9 Å². The number of nitrogens with zero attached hydrogens (tertiary/aromatic N) is 1. The summed E-state index contributed by atoms with van der Waals surface area (Å²) in [6, 6.07) is 8.38. The van der Waals surface area contributed by atoms with Gasteiger partial charge in [0.15, 0.2) is 0 Å². The molecular formula is C18H25ClN2O2. The minimum absolute atomic E-state index is 0.00868. The lowest BCUT2D eigenvalue weighted by Gasteiger charge is -2.37. The van der Waals surface area contributed by atoms with Crippen molar-refractivity contribution >= 4 is 17.6 Å². The van der Waals surface area contributed by atoms with Gasteiger partial charge in [0.2, 0.25) is 0 Å². The van der Waals surface area contributed by atoms with E-state index < -0.39 is 5.41 Å². The molecule has 3 unspecified atom stereocenters. The second kappa shape index (κ2) is 6.42. The Hall–Kier alpha value is -1.10. The van der Waals surface area contributed by atoms with Crippen LogP contribution < -0.4 is 5.73 Å². The van der Waals surface area contributed by atoms with Gasteiger partial charge >= 0.3 is 5.97 Å². The highest BCUT2D eigenvalue weighted by molar-refractivity contribution is 6.30. The zero-order valence-corrected chi connectivity index (χ0v) is 14.6. The molecule has 3 atom stereocenters. The van der Waals surface area contributed by atoms with Crippen molar-refractivity contribution < 1.29 is 9.53 Å². The maximum atomic E-state index is 12.8. The molecule has 3 rings (SSSR count). The largest absolute Gasteiger partial charge is 0.462 e. The minimum Gasteiger partial charge on any atom is -0.462 e. The molecule has 23 heavy (non-hydrogen) atoms. The van der Waals surface area contributed by atoms with Crippen LogP contribution in [0.4, 0.5) is 0 Å². The molecule has 1 aromatic carbocycles. The monoisotopic (exact) mass is 336 g/mol. The lowest BCUT2D eigenvalue weighted by molar-refractivity contribution is -0.158. The molecule has 0 amide bonds. The zero-order chi connectivity index (χ0) is 16.6. The van der Waals surface area contributed by atoms with E-state index in [0.717, 1.165) is 18.4 Å². The quantitative estimate of drug-likeness (QED) is 0.859. The fourth-order valence-electron chi connectivity index (χ4n) is 3.88. The molecule has 0 spiro atoms. The fourth-order valence-corrected chi connectivity index (χ4v) is 4.00.